The Bertz CT molecular complexity index is 564. The summed E-state index contributed by atoms with van der Waals surface area (Å²) in [6, 6.07) is -5.05. The highest BCUT2D eigenvalue weighted by Gasteiger charge is 2.30. The van der Waals surface area contributed by atoms with Crippen molar-refractivity contribution < 1.29 is 34.5 Å². The van der Waals surface area contributed by atoms with Gasteiger partial charge in [0.2, 0.25) is 17.7 Å². The highest BCUT2D eigenvalue weighted by atomic mass is 32.1. The summed E-state index contributed by atoms with van der Waals surface area (Å²) in [4.78, 5) is 47.8. The van der Waals surface area contributed by atoms with E-state index in [1.54, 1.807) is 0 Å². The van der Waals surface area contributed by atoms with Crippen LogP contribution in [-0.2, 0) is 19.2 Å². The standard InChI is InChI=1S/C16H31N5O7S/c1-8(23)12(18)15(26)21-11(7-29)14(25)19-9(4-2-3-5-17)13(24)20-10(6-22)16(27)28/h8-12,22-23,29H,2-7,17-18H2,1H3,(H,19,25)(H,20,24)(H,21,26)(H,27,28). The number of nitrogens with two attached hydrogens (primary N) is 2. The van der Waals surface area contributed by atoms with Crippen molar-refractivity contribution in [2.45, 2.75) is 56.5 Å². The molecule has 0 heterocycles. The lowest BCUT2D eigenvalue weighted by Crippen LogP contribution is -2.58. The van der Waals surface area contributed by atoms with Crippen molar-refractivity contribution in [1.82, 2.24) is 16.0 Å². The van der Waals surface area contributed by atoms with Crippen LogP contribution in [0.1, 0.15) is 26.2 Å². The molecule has 0 rings (SSSR count). The Kier molecular flexibility index (Phi) is 13.2. The number of unbranched alkanes of at least 4 members (excludes halogenated alkanes) is 1. The van der Waals surface area contributed by atoms with Crippen molar-refractivity contribution in [1.29, 1.82) is 0 Å². The van der Waals surface area contributed by atoms with E-state index in [1.165, 1.54) is 6.92 Å². The minimum atomic E-state index is -1.53. The number of thiol groups is 1. The number of aliphatic carboxylic acids is 1. The first-order valence-corrected chi connectivity index (χ1v) is 9.71. The minimum absolute atomic E-state index is 0.115. The van der Waals surface area contributed by atoms with Gasteiger partial charge in [-0.3, -0.25) is 14.4 Å². The molecule has 5 atom stereocenters. The zero-order valence-electron chi connectivity index (χ0n) is 16.2. The molecule has 0 aromatic carbocycles. The molecule has 10 N–H and O–H groups in total. The van der Waals surface area contributed by atoms with Crippen LogP contribution < -0.4 is 27.4 Å². The van der Waals surface area contributed by atoms with Gasteiger partial charge in [-0.1, -0.05) is 0 Å². The first-order chi connectivity index (χ1) is 13.6. The lowest BCUT2D eigenvalue weighted by Gasteiger charge is -2.24. The Morgan fingerprint density at radius 3 is 1.93 bits per heavy atom. The van der Waals surface area contributed by atoms with Crippen LogP contribution in [0.2, 0.25) is 0 Å². The molecule has 0 aliphatic carbocycles. The van der Waals surface area contributed by atoms with Crippen molar-refractivity contribution in [3.63, 3.8) is 0 Å². The Morgan fingerprint density at radius 1 is 0.966 bits per heavy atom. The van der Waals surface area contributed by atoms with E-state index in [1.807, 2.05) is 0 Å². The first-order valence-electron chi connectivity index (χ1n) is 9.08. The van der Waals surface area contributed by atoms with E-state index in [4.69, 9.17) is 21.7 Å². The van der Waals surface area contributed by atoms with Crippen LogP contribution in [-0.4, -0.2) is 88.2 Å². The van der Waals surface area contributed by atoms with Gasteiger partial charge < -0.3 is 42.7 Å². The summed E-state index contributed by atoms with van der Waals surface area (Å²) in [5.41, 5.74) is 10.9. The van der Waals surface area contributed by atoms with E-state index < -0.39 is 60.6 Å². The Labute approximate surface area is 174 Å². The van der Waals surface area contributed by atoms with Gasteiger partial charge in [0, 0.05) is 5.75 Å². The van der Waals surface area contributed by atoms with E-state index >= 15 is 0 Å². The number of hydrogen-bond acceptors (Lipinski definition) is 9. The quantitative estimate of drug-likeness (QED) is 0.0962. The summed E-state index contributed by atoms with van der Waals surface area (Å²) in [5.74, 6) is -3.86. The number of aliphatic hydroxyl groups excluding tert-OH is 2. The summed E-state index contributed by atoms with van der Waals surface area (Å²) >= 11 is 4.00. The number of carboxylic acid groups (broad SMARTS) is 1. The Balaban J connectivity index is 5.17. The van der Waals surface area contributed by atoms with Crippen molar-refractivity contribution in [2.24, 2.45) is 11.5 Å². The maximum absolute atomic E-state index is 12.5. The average molecular weight is 438 g/mol. The van der Waals surface area contributed by atoms with Gasteiger partial charge in [-0.2, -0.15) is 12.6 Å². The average Bonchev–Trinajstić information content (AvgIpc) is 2.67. The molecule has 0 spiro atoms. The fourth-order valence-electron chi connectivity index (χ4n) is 2.17. The Hall–Kier alpha value is -1.93. The van der Waals surface area contributed by atoms with E-state index in [0.29, 0.717) is 19.4 Å². The summed E-state index contributed by atoms with van der Waals surface area (Å²) in [6.45, 7) is 0.859. The number of nitrogens with one attached hydrogen (secondary N) is 3. The van der Waals surface area contributed by atoms with Crippen LogP contribution in [0.5, 0.6) is 0 Å². The van der Waals surface area contributed by atoms with Crippen molar-refractivity contribution in [2.75, 3.05) is 18.9 Å². The number of carboxylic acids is 1. The largest absolute Gasteiger partial charge is 0.480 e. The second-order valence-corrected chi connectivity index (χ2v) is 6.80. The zero-order chi connectivity index (χ0) is 22.6. The zero-order valence-corrected chi connectivity index (χ0v) is 17.1. The summed E-state index contributed by atoms with van der Waals surface area (Å²) in [6.07, 6.45) is 0.0569. The van der Waals surface area contributed by atoms with Gasteiger partial charge in [0.05, 0.1) is 12.7 Å². The van der Waals surface area contributed by atoms with Crippen LogP contribution in [0.3, 0.4) is 0 Å². The third kappa shape index (κ3) is 9.89. The number of carbonyl (C=O) groups excluding carboxylic acids is 3. The molecule has 0 aliphatic heterocycles. The smallest absolute Gasteiger partial charge is 0.328 e. The molecule has 0 radical (unpaired) electrons. The first kappa shape index (κ1) is 27.1. The van der Waals surface area contributed by atoms with Crippen LogP contribution in [0.4, 0.5) is 0 Å². The SMILES string of the molecule is CC(O)C(N)C(=O)NC(CS)C(=O)NC(CCCCN)C(=O)NC(CO)C(=O)O. The normalized spacial score (nSPS) is 16.1. The molecule has 5 unspecified atom stereocenters. The molecule has 0 saturated heterocycles. The summed E-state index contributed by atoms with van der Waals surface area (Å²) in [7, 11) is 0. The number of amides is 3. The molecule has 3 amide bonds. The van der Waals surface area contributed by atoms with Crippen molar-refractivity contribution >= 4 is 36.3 Å². The van der Waals surface area contributed by atoms with Crippen LogP contribution in [0.15, 0.2) is 0 Å². The second-order valence-electron chi connectivity index (χ2n) is 6.44. The third-order valence-corrected chi connectivity index (χ3v) is 4.38. The third-order valence-electron chi connectivity index (χ3n) is 4.02. The van der Waals surface area contributed by atoms with Gasteiger partial charge in [0.15, 0.2) is 0 Å². The number of hydrogen-bond donors (Lipinski definition) is 9. The number of carbonyl (C=O) groups is 4. The molecule has 0 fully saturated rings. The lowest BCUT2D eigenvalue weighted by molar-refractivity contribution is -0.143. The predicted molar refractivity (Wildman–Crippen MR) is 107 cm³/mol. The Morgan fingerprint density at radius 2 is 1.48 bits per heavy atom. The highest BCUT2D eigenvalue weighted by Crippen LogP contribution is 2.03. The van der Waals surface area contributed by atoms with Gasteiger partial charge in [-0.15, -0.1) is 0 Å². The molecule has 29 heavy (non-hydrogen) atoms. The fraction of sp³-hybridized carbons (Fsp3) is 0.750. The predicted octanol–water partition coefficient (Wildman–Crippen LogP) is -3.72. The molecule has 0 saturated carbocycles. The number of aliphatic hydroxyl groups is 2. The lowest BCUT2D eigenvalue weighted by atomic mass is 10.1. The minimum Gasteiger partial charge on any atom is -0.480 e. The maximum atomic E-state index is 12.5. The molecule has 0 aromatic rings. The molecule has 0 bridgehead atoms. The molecule has 0 aromatic heterocycles. The van der Waals surface area contributed by atoms with E-state index in [2.05, 4.69) is 28.6 Å². The van der Waals surface area contributed by atoms with Gasteiger partial charge in [-0.05, 0) is 32.7 Å². The van der Waals surface area contributed by atoms with Gasteiger partial charge in [0.25, 0.3) is 0 Å². The highest BCUT2D eigenvalue weighted by molar-refractivity contribution is 7.80. The molecule has 168 valence electrons. The summed E-state index contributed by atoms with van der Waals surface area (Å²) in [5, 5.41) is 34.3. The van der Waals surface area contributed by atoms with Crippen LogP contribution in [0.25, 0.3) is 0 Å². The molecule has 0 aliphatic rings. The van der Waals surface area contributed by atoms with Crippen LogP contribution in [0, 0.1) is 0 Å². The van der Waals surface area contributed by atoms with Gasteiger partial charge in [0.1, 0.15) is 24.2 Å². The molecular weight excluding hydrogens is 406 g/mol. The van der Waals surface area contributed by atoms with Crippen LogP contribution >= 0.6 is 12.6 Å². The van der Waals surface area contributed by atoms with Gasteiger partial charge in [-0.25, -0.2) is 4.79 Å². The van der Waals surface area contributed by atoms with E-state index in [-0.39, 0.29) is 12.2 Å². The summed E-state index contributed by atoms with van der Waals surface area (Å²) < 4.78 is 0. The monoisotopic (exact) mass is 437 g/mol. The maximum Gasteiger partial charge on any atom is 0.328 e. The molecular formula is C16H31N5O7S. The topological polar surface area (TPSA) is 217 Å². The fourth-order valence-corrected chi connectivity index (χ4v) is 2.43. The van der Waals surface area contributed by atoms with E-state index in [0.717, 1.165) is 0 Å². The van der Waals surface area contributed by atoms with Crippen molar-refractivity contribution in [3.8, 4) is 0 Å². The number of rotatable bonds is 14. The molecule has 13 heteroatoms. The van der Waals surface area contributed by atoms with E-state index in [9.17, 15) is 24.3 Å². The molecule has 12 nitrogen and oxygen atoms in total. The van der Waals surface area contributed by atoms with Gasteiger partial charge >= 0.3 is 5.97 Å². The second kappa shape index (κ2) is 14.1. The van der Waals surface area contributed by atoms with Crippen molar-refractivity contribution in [3.05, 3.63) is 0 Å².